The largest absolute Gasteiger partial charge is 0.396 e. The molecule has 0 spiro atoms. The Morgan fingerprint density at radius 2 is 1.61 bits per heavy atom. The summed E-state index contributed by atoms with van der Waals surface area (Å²) in [6.07, 6.45) is 12.2. The topological polar surface area (TPSA) is 32.3 Å². The standard InChI is InChI=1S/C16H31NO/c1-2-13-7-9-16(10-8-13)17-11-14-5-3-4-6-15(14)12-18/h13-18H,2-12H2,1H3. The molecule has 0 amide bonds. The Bertz CT molecular complexity index is 223. The highest BCUT2D eigenvalue weighted by Crippen LogP contribution is 2.30. The quantitative estimate of drug-likeness (QED) is 0.787. The van der Waals surface area contributed by atoms with Gasteiger partial charge in [-0.25, -0.2) is 0 Å². The molecule has 2 unspecified atom stereocenters. The molecule has 0 bridgehead atoms. The van der Waals surface area contributed by atoms with Crippen LogP contribution in [0.15, 0.2) is 0 Å². The van der Waals surface area contributed by atoms with Crippen LogP contribution in [0.3, 0.4) is 0 Å². The van der Waals surface area contributed by atoms with E-state index < -0.39 is 0 Å². The van der Waals surface area contributed by atoms with Crippen LogP contribution < -0.4 is 5.32 Å². The van der Waals surface area contributed by atoms with Gasteiger partial charge in [-0.2, -0.15) is 0 Å². The highest BCUT2D eigenvalue weighted by Gasteiger charge is 2.26. The third-order valence-corrected chi connectivity index (χ3v) is 5.39. The van der Waals surface area contributed by atoms with Crippen molar-refractivity contribution < 1.29 is 5.11 Å². The van der Waals surface area contributed by atoms with Crippen molar-refractivity contribution in [2.45, 2.75) is 70.8 Å². The van der Waals surface area contributed by atoms with E-state index >= 15 is 0 Å². The van der Waals surface area contributed by atoms with Gasteiger partial charge in [-0.3, -0.25) is 0 Å². The van der Waals surface area contributed by atoms with Crippen LogP contribution in [-0.2, 0) is 0 Å². The molecule has 2 N–H and O–H groups in total. The summed E-state index contributed by atoms with van der Waals surface area (Å²) in [6.45, 7) is 3.87. The molecule has 2 nitrogen and oxygen atoms in total. The zero-order valence-electron chi connectivity index (χ0n) is 12.0. The van der Waals surface area contributed by atoms with E-state index in [9.17, 15) is 5.11 Å². The Labute approximate surface area is 113 Å². The number of hydrogen-bond donors (Lipinski definition) is 2. The summed E-state index contributed by atoms with van der Waals surface area (Å²) in [6, 6.07) is 0.758. The Balaban J connectivity index is 1.67. The lowest BCUT2D eigenvalue weighted by molar-refractivity contribution is 0.128. The van der Waals surface area contributed by atoms with E-state index in [1.165, 1.54) is 57.8 Å². The lowest BCUT2D eigenvalue weighted by atomic mass is 9.79. The molecule has 0 aromatic rings. The molecule has 106 valence electrons. The van der Waals surface area contributed by atoms with Crippen molar-refractivity contribution in [2.75, 3.05) is 13.2 Å². The first-order chi connectivity index (χ1) is 8.83. The lowest BCUT2D eigenvalue weighted by Crippen LogP contribution is -2.39. The van der Waals surface area contributed by atoms with Gasteiger partial charge in [-0.1, -0.05) is 26.2 Å². The van der Waals surface area contributed by atoms with Crippen LogP contribution in [0.4, 0.5) is 0 Å². The highest BCUT2D eigenvalue weighted by molar-refractivity contribution is 4.81. The molecule has 2 aliphatic rings. The summed E-state index contributed by atoms with van der Waals surface area (Å²) in [7, 11) is 0. The summed E-state index contributed by atoms with van der Waals surface area (Å²) < 4.78 is 0. The van der Waals surface area contributed by atoms with Crippen molar-refractivity contribution in [3.8, 4) is 0 Å². The van der Waals surface area contributed by atoms with Crippen LogP contribution in [0, 0.1) is 17.8 Å². The van der Waals surface area contributed by atoms with Gasteiger partial charge in [0.25, 0.3) is 0 Å². The van der Waals surface area contributed by atoms with Crippen LogP contribution >= 0.6 is 0 Å². The van der Waals surface area contributed by atoms with Gasteiger partial charge in [0, 0.05) is 12.6 Å². The Morgan fingerprint density at radius 1 is 0.944 bits per heavy atom. The van der Waals surface area contributed by atoms with E-state index in [0.717, 1.165) is 24.4 Å². The van der Waals surface area contributed by atoms with Crippen molar-refractivity contribution in [1.82, 2.24) is 5.32 Å². The van der Waals surface area contributed by atoms with Crippen molar-refractivity contribution in [3.63, 3.8) is 0 Å². The van der Waals surface area contributed by atoms with Gasteiger partial charge in [-0.15, -0.1) is 0 Å². The summed E-state index contributed by atoms with van der Waals surface area (Å²) in [5.74, 6) is 2.29. The maximum absolute atomic E-state index is 9.44. The molecule has 2 atom stereocenters. The monoisotopic (exact) mass is 253 g/mol. The van der Waals surface area contributed by atoms with E-state index in [0.29, 0.717) is 12.5 Å². The van der Waals surface area contributed by atoms with E-state index in [-0.39, 0.29) is 0 Å². The van der Waals surface area contributed by atoms with Crippen molar-refractivity contribution >= 4 is 0 Å². The number of rotatable bonds is 5. The Morgan fingerprint density at radius 3 is 2.22 bits per heavy atom. The van der Waals surface area contributed by atoms with Crippen molar-refractivity contribution in [1.29, 1.82) is 0 Å². The summed E-state index contributed by atoms with van der Waals surface area (Å²) >= 11 is 0. The predicted octanol–water partition coefficient (Wildman–Crippen LogP) is 3.34. The van der Waals surface area contributed by atoms with Gasteiger partial charge in [-0.05, 0) is 62.8 Å². The van der Waals surface area contributed by atoms with Gasteiger partial charge in [0.1, 0.15) is 0 Å². The molecule has 0 aromatic carbocycles. The first-order valence-electron chi connectivity index (χ1n) is 8.17. The number of nitrogens with one attached hydrogen (secondary N) is 1. The maximum Gasteiger partial charge on any atom is 0.0462 e. The predicted molar refractivity (Wildman–Crippen MR) is 76.6 cm³/mol. The maximum atomic E-state index is 9.44. The highest BCUT2D eigenvalue weighted by atomic mass is 16.3. The fourth-order valence-electron chi connectivity index (χ4n) is 3.89. The van der Waals surface area contributed by atoms with Crippen LogP contribution in [0.2, 0.25) is 0 Å². The first kappa shape index (κ1) is 14.3. The smallest absolute Gasteiger partial charge is 0.0462 e. The number of aliphatic hydroxyl groups excluding tert-OH is 1. The molecule has 18 heavy (non-hydrogen) atoms. The van der Waals surface area contributed by atoms with E-state index in [1.807, 2.05) is 0 Å². The van der Waals surface area contributed by atoms with Gasteiger partial charge >= 0.3 is 0 Å². The second-order valence-electron chi connectivity index (χ2n) is 6.52. The second-order valence-corrected chi connectivity index (χ2v) is 6.52. The summed E-state index contributed by atoms with van der Waals surface area (Å²) in [5.41, 5.74) is 0. The average molecular weight is 253 g/mol. The molecule has 2 saturated carbocycles. The lowest BCUT2D eigenvalue weighted by Gasteiger charge is -2.34. The summed E-state index contributed by atoms with van der Waals surface area (Å²) in [5, 5.41) is 13.2. The fourth-order valence-corrected chi connectivity index (χ4v) is 3.89. The minimum atomic E-state index is 0.398. The van der Waals surface area contributed by atoms with Gasteiger partial charge in [0.2, 0.25) is 0 Å². The molecule has 0 aliphatic heterocycles. The van der Waals surface area contributed by atoms with E-state index in [1.54, 1.807) is 0 Å². The molecule has 2 heteroatoms. The van der Waals surface area contributed by atoms with Crippen LogP contribution in [0.5, 0.6) is 0 Å². The molecule has 0 radical (unpaired) electrons. The molecular formula is C16H31NO. The van der Waals surface area contributed by atoms with Crippen LogP contribution in [0.25, 0.3) is 0 Å². The molecule has 2 fully saturated rings. The average Bonchev–Trinajstić information content (AvgIpc) is 2.46. The first-order valence-corrected chi connectivity index (χ1v) is 8.17. The number of hydrogen-bond acceptors (Lipinski definition) is 2. The molecular weight excluding hydrogens is 222 g/mol. The molecule has 2 aliphatic carbocycles. The van der Waals surface area contributed by atoms with Crippen molar-refractivity contribution in [2.24, 2.45) is 17.8 Å². The van der Waals surface area contributed by atoms with Gasteiger partial charge < -0.3 is 10.4 Å². The Hall–Kier alpha value is -0.0800. The second kappa shape index (κ2) is 7.49. The van der Waals surface area contributed by atoms with E-state index in [4.69, 9.17) is 0 Å². The van der Waals surface area contributed by atoms with E-state index in [2.05, 4.69) is 12.2 Å². The van der Waals surface area contributed by atoms with Crippen LogP contribution in [0.1, 0.15) is 64.7 Å². The third kappa shape index (κ3) is 3.96. The SMILES string of the molecule is CCC1CCC(NCC2CCCCC2CO)CC1. The number of aliphatic hydroxyl groups is 1. The zero-order valence-corrected chi connectivity index (χ0v) is 12.0. The molecule has 0 heterocycles. The fraction of sp³-hybridized carbons (Fsp3) is 1.00. The summed E-state index contributed by atoms with van der Waals surface area (Å²) in [4.78, 5) is 0. The minimum Gasteiger partial charge on any atom is -0.396 e. The zero-order chi connectivity index (χ0) is 12.8. The molecule has 0 aromatic heterocycles. The van der Waals surface area contributed by atoms with Gasteiger partial charge in [0.05, 0.1) is 0 Å². The van der Waals surface area contributed by atoms with Crippen LogP contribution in [-0.4, -0.2) is 24.3 Å². The Kier molecular flexibility index (Phi) is 5.97. The van der Waals surface area contributed by atoms with Crippen molar-refractivity contribution in [3.05, 3.63) is 0 Å². The molecule has 0 saturated heterocycles. The minimum absolute atomic E-state index is 0.398. The molecule has 2 rings (SSSR count). The third-order valence-electron chi connectivity index (χ3n) is 5.39. The van der Waals surface area contributed by atoms with Gasteiger partial charge in [0.15, 0.2) is 0 Å². The normalized spacial score (nSPS) is 37.7.